The number of rotatable bonds is 4. The van der Waals surface area contributed by atoms with Crippen LogP contribution in [-0.2, 0) is 12.7 Å². The van der Waals surface area contributed by atoms with Crippen molar-refractivity contribution in [1.29, 1.82) is 0 Å². The number of halogens is 3. The van der Waals surface area contributed by atoms with Crippen LogP contribution in [0.2, 0.25) is 0 Å². The minimum atomic E-state index is -4.45. The van der Waals surface area contributed by atoms with Gasteiger partial charge in [-0.05, 0) is 62.3 Å². The van der Waals surface area contributed by atoms with Gasteiger partial charge >= 0.3 is 18.2 Å². The zero-order valence-electron chi connectivity index (χ0n) is 19.9. The summed E-state index contributed by atoms with van der Waals surface area (Å²) in [7, 11) is 0. The predicted molar refractivity (Wildman–Crippen MR) is 124 cm³/mol. The van der Waals surface area contributed by atoms with Crippen LogP contribution in [0.25, 0.3) is 0 Å². The number of amides is 1. The number of carbonyl (C=O) groups excluding carboxylic acids is 1. The molecule has 1 aromatic heterocycles. The molecule has 0 atom stereocenters. The molecule has 2 aromatic rings. The fourth-order valence-corrected chi connectivity index (χ4v) is 5.63. The number of nitrogens with zero attached hydrogens (tertiary/aromatic N) is 5. The van der Waals surface area contributed by atoms with E-state index in [1.165, 1.54) is 18.3 Å². The first kappa shape index (κ1) is 24.4. The van der Waals surface area contributed by atoms with Crippen LogP contribution in [0.3, 0.4) is 0 Å². The second-order valence-electron chi connectivity index (χ2n) is 10.0. The molecule has 3 aliphatic rings. The van der Waals surface area contributed by atoms with Crippen molar-refractivity contribution < 1.29 is 27.9 Å². The molecule has 0 bridgehead atoms. The first-order chi connectivity index (χ1) is 17.1. The van der Waals surface area contributed by atoms with Crippen molar-refractivity contribution in [1.82, 2.24) is 19.6 Å². The van der Waals surface area contributed by atoms with E-state index in [2.05, 4.69) is 22.1 Å². The van der Waals surface area contributed by atoms with E-state index in [-0.39, 0.29) is 29.2 Å². The van der Waals surface area contributed by atoms with Gasteiger partial charge in [0.25, 0.3) is 0 Å². The number of carboxylic acid groups (broad SMARTS) is 1. The molecule has 0 radical (unpaired) electrons. The van der Waals surface area contributed by atoms with E-state index >= 15 is 0 Å². The SMILES string of the molecule is O=C(O)c1ccn(C(=O)N2CCC3(CCN(Cc4c#cc(N5CCCC5)cc4C(F)(F)F)C3)CC2)n1. The van der Waals surface area contributed by atoms with E-state index in [1.807, 2.05) is 4.90 Å². The molecular weight excluding hydrogens is 475 g/mol. The smallest absolute Gasteiger partial charge is 0.417 e. The number of carbonyl (C=O) groups is 2. The molecule has 0 unspecified atom stereocenters. The van der Waals surface area contributed by atoms with E-state index in [0.717, 1.165) is 49.9 Å². The molecule has 5 rings (SSSR count). The molecule has 0 aliphatic carbocycles. The molecule has 36 heavy (non-hydrogen) atoms. The average Bonchev–Trinajstić information content (AvgIpc) is 3.61. The van der Waals surface area contributed by atoms with Gasteiger partial charge in [0.2, 0.25) is 0 Å². The highest BCUT2D eigenvalue weighted by atomic mass is 19.4. The Kier molecular flexibility index (Phi) is 6.32. The third kappa shape index (κ3) is 4.87. The van der Waals surface area contributed by atoms with Crippen LogP contribution < -0.4 is 4.90 Å². The Hall–Kier alpha value is -3.26. The summed E-state index contributed by atoms with van der Waals surface area (Å²) in [5.41, 5.74) is -0.285. The van der Waals surface area contributed by atoms with Crippen LogP contribution in [0, 0.1) is 17.5 Å². The normalized spacial score (nSPS) is 20.2. The third-order valence-electron chi connectivity index (χ3n) is 7.70. The Morgan fingerprint density at radius 3 is 2.39 bits per heavy atom. The van der Waals surface area contributed by atoms with Crippen LogP contribution in [-0.4, -0.2) is 76.0 Å². The van der Waals surface area contributed by atoms with Crippen molar-refractivity contribution in [3.05, 3.63) is 47.3 Å². The van der Waals surface area contributed by atoms with Gasteiger partial charge < -0.3 is 14.9 Å². The number of carboxylic acids is 1. The Bertz CT molecular complexity index is 1130. The molecule has 0 saturated carbocycles. The number of aromatic nitrogens is 2. The molecule has 3 fully saturated rings. The first-order valence-electron chi connectivity index (χ1n) is 12.2. The van der Waals surface area contributed by atoms with Gasteiger partial charge in [0.15, 0.2) is 5.69 Å². The summed E-state index contributed by atoms with van der Waals surface area (Å²) in [6.07, 6.45) is 1.16. The van der Waals surface area contributed by atoms with Crippen LogP contribution in [0.5, 0.6) is 0 Å². The average molecular weight is 504 g/mol. The molecule has 1 N–H and O–H groups in total. The number of anilines is 1. The van der Waals surface area contributed by atoms with Gasteiger partial charge in [-0.1, -0.05) is 6.07 Å². The van der Waals surface area contributed by atoms with E-state index in [4.69, 9.17) is 5.11 Å². The van der Waals surface area contributed by atoms with Crippen LogP contribution in [0.4, 0.5) is 23.7 Å². The molecular formula is C25H28F3N5O3. The second kappa shape index (κ2) is 9.32. The summed E-state index contributed by atoms with van der Waals surface area (Å²) >= 11 is 0. The molecule has 1 amide bonds. The topological polar surface area (TPSA) is 81.9 Å². The second-order valence-corrected chi connectivity index (χ2v) is 10.0. The number of aromatic carboxylic acids is 1. The van der Waals surface area contributed by atoms with Crippen molar-refractivity contribution in [2.24, 2.45) is 5.41 Å². The Morgan fingerprint density at radius 1 is 1.06 bits per heavy atom. The lowest BCUT2D eigenvalue weighted by Gasteiger charge is -2.39. The van der Waals surface area contributed by atoms with Gasteiger partial charge in [0.1, 0.15) is 0 Å². The summed E-state index contributed by atoms with van der Waals surface area (Å²) in [4.78, 5) is 29.4. The number of likely N-dealkylation sites (tertiary alicyclic amines) is 2. The minimum Gasteiger partial charge on any atom is -0.476 e. The Balaban J connectivity index is 1.22. The van der Waals surface area contributed by atoms with Crippen LogP contribution >= 0.6 is 0 Å². The fraction of sp³-hybridized carbons (Fsp3) is 0.560. The van der Waals surface area contributed by atoms with E-state index < -0.39 is 17.7 Å². The summed E-state index contributed by atoms with van der Waals surface area (Å²) in [6, 6.07) is 7.92. The molecule has 8 nitrogen and oxygen atoms in total. The zero-order valence-corrected chi connectivity index (χ0v) is 19.9. The van der Waals surface area contributed by atoms with Crippen molar-refractivity contribution in [3.8, 4) is 0 Å². The summed E-state index contributed by atoms with van der Waals surface area (Å²) < 4.78 is 42.7. The minimum absolute atomic E-state index is 0.0509. The molecule has 11 heteroatoms. The monoisotopic (exact) mass is 503 g/mol. The lowest BCUT2D eigenvalue weighted by molar-refractivity contribution is -0.138. The fourth-order valence-electron chi connectivity index (χ4n) is 5.63. The summed E-state index contributed by atoms with van der Waals surface area (Å²) in [5.74, 6) is -1.19. The van der Waals surface area contributed by atoms with Crippen LogP contribution in [0.1, 0.15) is 53.7 Å². The van der Waals surface area contributed by atoms with E-state index in [1.54, 1.807) is 4.90 Å². The predicted octanol–water partition coefficient (Wildman–Crippen LogP) is 3.76. The lowest BCUT2D eigenvalue weighted by atomic mass is 9.78. The third-order valence-corrected chi connectivity index (χ3v) is 7.70. The first-order valence-corrected chi connectivity index (χ1v) is 12.2. The number of hydrogen-bond acceptors (Lipinski definition) is 5. The molecule has 3 aliphatic heterocycles. The molecule has 3 saturated heterocycles. The van der Waals surface area contributed by atoms with Crippen molar-refractivity contribution in [2.45, 2.75) is 44.8 Å². The van der Waals surface area contributed by atoms with Gasteiger partial charge in [-0.15, -0.1) is 0 Å². The van der Waals surface area contributed by atoms with Crippen molar-refractivity contribution in [3.63, 3.8) is 0 Å². The van der Waals surface area contributed by atoms with Crippen molar-refractivity contribution >= 4 is 17.7 Å². The molecule has 1 aromatic carbocycles. The maximum Gasteiger partial charge on any atom is 0.417 e. The van der Waals surface area contributed by atoms with E-state index in [9.17, 15) is 22.8 Å². The highest BCUT2D eigenvalue weighted by molar-refractivity contribution is 5.86. The van der Waals surface area contributed by atoms with Gasteiger partial charge in [-0.2, -0.15) is 23.0 Å². The Labute approximate surface area is 207 Å². The lowest BCUT2D eigenvalue weighted by Crippen LogP contribution is -2.45. The highest BCUT2D eigenvalue weighted by Gasteiger charge is 2.42. The Morgan fingerprint density at radius 2 is 1.75 bits per heavy atom. The molecule has 4 heterocycles. The number of piperidine rings is 1. The standard InChI is InChI=1S/C25H28F3N5O3/c26-25(27,28)20-15-19(31-9-1-2-10-31)4-3-18(20)16-30-12-6-24(17-30)7-13-32(14-8-24)23(36)33-11-5-21(29-33)22(34)35/h5,11,15H,1-2,6-10,12-14,16-17H2,(H,34,35). The van der Waals surface area contributed by atoms with Crippen LogP contribution in [0.15, 0.2) is 18.3 Å². The molecule has 192 valence electrons. The van der Waals surface area contributed by atoms with Gasteiger partial charge in [-0.25, -0.2) is 9.59 Å². The number of alkyl halides is 3. The van der Waals surface area contributed by atoms with Gasteiger partial charge in [0, 0.05) is 51.0 Å². The van der Waals surface area contributed by atoms with Gasteiger partial charge in [0.05, 0.1) is 11.3 Å². The summed E-state index contributed by atoms with van der Waals surface area (Å²) in [6.45, 7) is 4.00. The highest BCUT2D eigenvalue weighted by Crippen LogP contribution is 2.42. The quantitative estimate of drug-likeness (QED) is 0.685. The van der Waals surface area contributed by atoms with Crippen molar-refractivity contribution in [2.75, 3.05) is 44.2 Å². The number of hydrogen-bond donors (Lipinski definition) is 1. The largest absolute Gasteiger partial charge is 0.476 e. The maximum absolute atomic E-state index is 13.9. The molecule has 1 spiro atoms. The zero-order chi connectivity index (χ0) is 25.5. The maximum atomic E-state index is 13.9. The van der Waals surface area contributed by atoms with Gasteiger partial charge in [-0.3, -0.25) is 4.90 Å². The van der Waals surface area contributed by atoms with E-state index in [0.29, 0.717) is 31.9 Å². The summed E-state index contributed by atoms with van der Waals surface area (Å²) in [5, 5.41) is 12.8.